The lowest BCUT2D eigenvalue weighted by molar-refractivity contribution is -0.149. The normalized spacial score (nSPS) is 17.3. The predicted molar refractivity (Wildman–Crippen MR) is 108 cm³/mol. The Morgan fingerprint density at radius 1 is 0.963 bits per heavy atom. The lowest BCUT2D eigenvalue weighted by Crippen LogP contribution is -2.44. The van der Waals surface area contributed by atoms with Crippen molar-refractivity contribution in [3.8, 4) is 0 Å². The zero-order valence-electron chi connectivity index (χ0n) is 17.6. The summed E-state index contributed by atoms with van der Waals surface area (Å²) in [6.07, 6.45) is 12.8. The van der Waals surface area contributed by atoms with Crippen molar-refractivity contribution in [2.75, 3.05) is 6.54 Å². The summed E-state index contributed by atoms with van der Waals surface area (Å²) < 4.78 is 0. The molecule has 0 saturated carbocycles. The molecule has 0 radical (unpaired) electrons. The second kappa shape index (κ2) is 12.1. The maximum Gasteiger partial charge on any atom is 0.303 e. The van der Waals surface area contributed by atoms with Crippen LogP contribution in [-0.2, 0) is 14.4 Å². The Bertz CT molecular complexity index is 487. The molecule has 1 aliphatic rings. The standard InChI is InChI=1S/C22H39NO4/c1-4-22(2,3)20(26)21(27)23-17-13-15-18(23)14-11-9-7-5-6-8-10-12-16-19(24)25/h18H,4-17H2,1-3H3,(H,24,25)/t18-/m0/s1. The molecular weight excluding hydrogens is 342 g/mol. The van der Waals surface area contributed by atoms with E-state index in [0.717, 1.165) is 51.5 Å². The highest BCUT2D eigenvalue weighted by atomic mass is 16.4. The van der Waals surface area contributed by atoms with E-state index >= 15 is 0 Å². The van der Waals surface area contributed by atoms with Crippen LogP contribution in [0.5, 0.6) is 0 Å². The van der Waals surface area contributed by atoms with Crippen molar-refractivity contribution in [1.82, 2.24) is 4.90 Å². The molecule has 1 heterocycles. The van der Waals surface area contributed by atoms with Gasteiger partial charge in [0.05, 0.1) is 0 Å². The van der Waals surface area contributed by atoms with Crippen molar-refractivity contribution in [2.24, 2.45) is 5.41 Å². The number of hydrogen-bond donors (Lipinski definition) is 1. The molecule has 1 N–H and O–H groups in total. The van der Waals surface area contributed by atoms with Crippen LogP contribution in [-0.4, -0.2) is 40.3 Å². The van der Waals surface area contributed by atoms with E-state index in [0.29, 0.717) is 6.42 Å². The van der Waals surface area contributed by atoms with Gasteiger partial charge in [0, 0.05) is 24.4 Å². The first kappa shape index (κ1) is 23.6. The summed E-state index contributed by atoms with van der Waals surface area (Å²) in [7, 11) is 0. The number of nitrogens with zero attached hydrogens (tertiary/aromatic N) is 1. The predicted octanol–water partition coefficient (Wildman–Crippen LogP) is 4.97. The summed E-state index contributed by atoms with van der Waals surface area (Å²) in [6, 6.07) is 0.241. The topological polar surface area (TPSA) is 74.7 Å². The molecule has 0 aliphatic carbocycles. The Labute approximate surface area is 164 Å². The molecule has 0 aromatic rings. The van der Waals surface area contributed by atoms with E-state index < -0.39 is 11.4 Å². The summed E-state index contributed by atoms with van der Waals surface area (Å²) in [5, 5.41) is 8.60. The van der Waals surface area contributed by atoms with Gasteiger partial charge < -0.3 is 10.0 Å². The third kappa shape index (κ3) is 8.44. The fraction of sp³-hybridized carbons (Fsp3) is 0.864. The first-order valence-electron chi connectivity index (χ1n) is 10.9. The minimum Gasteiger partial charge on any atom is -0.481 e. The fourth-order valence-electron chi connectivity index (χ4n) is 3.70. The van der Waals surface area contributed by atoms with Crippen LogP contribution in [0.3, 0.4) is 0 Å². The summed E-state index contributed by atoms with van der Waals surface area (Å²) in [5.41, 5.74) is -0.561. The highest BCUT2D eigenvalue weighted by Crippen LogP contribution is 2.27. The SMILES string of the molecule is CCC(C)(C)C(=O)C(=O)N1CCC[C@@H]1CCCCCCCCCCC(=O)O. The number of Topliss-reactive ketones (excluding diaryl/α,β-unsaturated/α-hetero) is 1. The van der Waals surface area contributed by atoms with Gasteiger partial charge in [-0.2, -0.15) is 0 Å². The summed E-state index contributed by atoms with van der Waals surface area (Å²) in [4.78, 5) is 37.3. The van der Waals surface area contributed by atoms with E-state index in [9.17, 15) is 14.4 Å². The van der Waals surface area contributed by atoms with Crippen LogP contribution in [0.1, 0.15) is 104 Å². The summed E-state index contributed by atoms with van der Waals surface area (Å²) in [5.74, 6) is -1.21. The van der Waals surface area contributed by atoms with E-state index in [1.54, 1.807) is 0 Å². The van der Waals surface area contributed by atoms with Gasteiger partial charge in [-0.15, -0.1) is 0 Å². The molecule has 0 aromatic heterocycles. The first-order valence-corrected chi connectivity index (χ1v) is 10.9. The van der Waals surface area contributed by atoms with Crippen molar-refractivity contribution in [3.05, 3.63) is 0 Å². The van der Waals surface area contributed by atoms with Crippen molar-refractivity contribution in [1.29, 1.82) is 0 Å². The van der Waals surface area contributed by atoms with Crippen LogP contribution in [0.2, 0.25) is 0 Å². The fourth-order valence-corrected chi connectivity index (χ4v) is 3.70. The number of unbranched alkanes of at least 4 members (excludes halogenated alkanes) is 7. The third-order valence-corrected chi connectivity index (χ3v) is 6.01. The van der Waals surface area contributed by atoms with E-state index in [4.69, 9.17) is 5.11 Å². The van der Waals surface area contributed by atoms with E-state index in [1.807, 2.05) is 25.7 Å². The van der Waals surface area contributed by atoms with Crippen LogP contribution in [0.15, 0.2) is 0 Å². The lowest BCUT2D eigenvalue weighted by Gasteiger charge is -2.28. The summed E-state index contributed by atoms with van der Waals surface area (Å²) in [6.45, 7) is 6.41. The molecule has 0 spiro atoms. The number of rotatable bonds is 14. The summed E-state index contributed by atoms with van der Waals surface area (Å²) >= 11 is 0. The Balaban J connectivity index is 2.18. The van der Waals surface area contributed by atoms with E-state index in [-0.39, 0.29) is 24.2 Å². The monoisotopic (exact) mass is 381 g/mol. The van der Waals surface area contributed by atoms with Gasteiger partial charge in [0.25, 0.3) is 5.91 Å². The maximum absolute atomic E-state index is 12.6. The largest absolute Gasteiger partial charge is 0.481 e. The Morgan fingerprint density at radius 3 is 2.07 bits per heavy atom. The molecule has 0 unspecified atom stereocenters. The number of likely N-dealkylation sites (tertiary alicyclic amines) is 1. The highest BCUT2D eigenvalue weighted by molar-refractivity contribution is 6.38. The van der Waals surface area contributed by atoms with Gasteiger partial charge in [0.2, 0.25) is 5.78 Å². The number of carbonyl (C=O) groups is 3. The van der Waals surface area contributed by atoms with Crippen LogP contribution in [0.25, 0.3) is 0 Å². The number of carboxylic acid groups (broad SMARTS) is 1. The van der Waals surface area contributed by atoms with Gasteiger partial charge in [0.1, 0.15) is 0 Å². The number of aliphatic carboxylic acids is 1. The van der Waals surface area contributed by atoms with Gasteiger partial charge in [-0.1, -0.05) is 65.7 Å². The number of hydrogen-bond acceptors (Lipinski definition) is 3. The van der Waals surface area contributed by atoms with Crippen LogP contribution in [0, 0.1) is 5.41 Å². The molecule has 1 saturated heterocycles. The minimum absolute atomic E-state index is 0.236. The number of ketones is 1. The van der Waals surface area contributed by atoms with Crippen molar-refractivity contribution < 1.29 is 19.5 Å². The Morgan fingerprint density at radius 2 is 1.52 bits per heavy atom. The van der Waals surface area contributed by atoms with Crippen LogP contribution >= 0.6 is 0 Å². The van der Waals surface area contributed by atoms with Crippen molar-refractivity contribution in [2.45, 2.75) is 110 Å². The third-order valence-electron chi connectivity index (χ3n) is 6.01. The average Bonchev–Trinajstić information content (AvgIpc) is 3.10. The molecule has 1 aliphatic heterocycles. The van der Waals surface area contributed by atoms with Gasteiger partial charge in [-0.25, -0.2) is 0 Å². The van der Waals surface area contributed by atoms with Crippen LogP contribution < -0.4 is 0 Å². The average molecular weight is 382 g/mol. The van der Waals surface area contributed by atoms with Crippen molar-refractivity contribution >= 4 is 17.7 Å². The minimum atomic E-state index is -0.700. The second-order valence-electron chi connectivity index (χ2n) is 8.62. The molecule has 5 heteroatoms. The van der Waals surface area contributed by atoms with Crippen molar-refractivity contribution in [3.63, 3.8) is 0 Å². The highest BCUT2D eigenvalue weighted by Gasteiger charge is 2.38. The quantitative estimate of drug-likeness (QED) is 0.340. The maximum atomic E-state index is 12.6. The lowest BCUT2D eigenvalue weighted by atomic mass is 9.84. The van der Waals surface area contributed by atoms with E-state index in [1.165, 1.54) is 25.7 Å². The molecule has 1 amide bonds. The van der Waals surface area contributed by atoms with Crippen LogP contribution in [0.4, 0.5) is 0 Å². The molecule has 27 heavy (non-hydrogen) atoms. The van der Waals surface area contributed by atoms with Gasteiger partial charge in [-0.3, -0.25) is 14.4 Å². The number of carboxylic acids is 1. The number of carbonyl (C=O) groups excluding carboxylic acids is 2. The Hall–Kier alpha value is -1.39. The molecule has 1 atom stereocenters. The van der Waals surface area contributed by atoms with Gasteiger partial charge in [0.15, 0.2) is 0 Å². The smallest absolute Gasteiger partial charge is 0.303 e. The molecule has 1 rings (SSSR count). The second-order valence-corrected chi connectivity index (χ2v) is 8.62. The molecule has 0 aromatic carbocycles. The molecule has 1 fully saturated rings. The zero-order valence-corrected chi connectivity index (χ0v) is 17.6. The first-order chi connectivity index (χ1) is 12.8. The number of amides is 1. The van der Waals surface area contributed by atoms with E-state index in [2.05, 4.69) is 0 Å². The molecule has 156 valence electrons. The Kier molecular flexibility index (Phi) is 10.6. The molecular formula is C22H39NO4. The van der Waals surface area contributed by atoms with Gasteiger partial charge >= 0.3 is 5.97 Å². The van der Waals surface area contributed by atoms with Gasteiger partial charge in [-0.05, 0) is 32.1 Å². The molecule has 5 nitrogen and oxygen atoms in total. The zero-order chi connectivity index (χ0) is 20.3. The molecule has 0 bridgehead atoms.